The number of aliphatic hydroxyl groups is 1. The topological polar surface area (TPSA) is 20.2 Å². The molecule has 0 saturated carbocycles. The van der Waals surface area contributed by atoms with Crippen molar-refractivity contribution in [2.24, 2.45) is 0 Å². The maximum absolute atomic E-state index is 13.0. The van der Waals surface area contributed by atoms with E-state index < -0.39 is 0 Å². The molecule has 1 atom stereocenters. The number of hydrogen-bond acceptors (Lipinski definition) is 2. The number of benzene rings is 2. The van der Waals surface area contributed by atoms with E-state index in [0.717, 1.165) is 17.7 Å². The van der Waals surface area contributed by atoms with Crippen LogP contribution in [0.1, 0.15) is 12.0 Å². The summed E-state index contributed by atoms with van der Waals surface area (Å²) in [7, 11) is 0. The first-order valence-corrected chi connectivity index (χ1v) is 7.33. The molecule has 0 radical (unpaired) electrons. The number of aliphatic hydroxyl groups excluding tert-OH is 1. The second-order valence-electron chi connectivity index (χ2n) is 4.45. The summed E-state index contributed by atoms with van der Waals surface area (Å²) in [5.41, 5.74) is 1.23. The lowest BCUT2D eigenvalue weighted by molar-refractivity contribution is 0.189. The lowest BCUT2D eigenvalue weighted by Gasteiger charge is -2.10. The first-order valence-electron chi connectivity index (χ1n) is 6.34. The summed E-state index contributed by atoms with van der Waals surface area (Å²) < 4.78 is 13.0. The minimum Gasteiger partial charge on any atom is -0.392 e. The third-order valence-electron chi connectivity index (χ3n) is 2.85. The van der Waals surface area contributed by atoms with Gasteiger partial charge in [0, 0.05) is 10.6 Å². The van der Waals surface area contributed by atoms with Crippen molar-refractivity contribution < 1.29 is 9.50 Å². The summed E-state index contributed by atoms with van der Waals surface area (Å²) in [6.07, 6.45) is 1.23. The summed E-state index contributed by atoms with van der Waals surface area (Å²) in [5.74, 6) is 0.361. The van der Waals surface area contributed by atoms with Gasteiger partial charge in [-0.15, -0.1) is 11.8 Å². The number of rotatable bonds is 6. The Morgan fingerprint density at radius 3 is 2.58 bits per heavy atom. The van der Waals surface area contributed by atoms with Gasteiger partial charge in [0.2, 0.25) is 0 Å². The van der Waals surface area contributed by atoms with E-state index in [9.17, 15) is 9.50 Å². The second-order valence-corrected chi connectivity index (χ2v) is 5.54. The van der Waals surface area contributed by atoms with E-state index in [0.29, 0.717) is 5.75 Å². The first kappa shape index (κ1) is 14.1. The van der Waals surface area contributed by atoms with Crippen LogP contribution < -0.4 is 0 Å². The summed E-state index contributed by atoms with van der Waals surface area (Å²) in [5, 5.41) is 9.93. The van der Waals surface area contributed by atoms with Crippen molar-refractivity contribution in [2.75, 3.05) is 5.75 Å². The molecule has 1 unspecified atom stereocenters. The van der Waals surface area contributed by atoms with Crippen LogP contribution in [0.5, 0.6) is 0 Å². The monoisotopic (exact) mass is 276 g/mol. The van der Waals surface area contributed by atoms with E-state index in [2.05, 4.69) is 12.1 Å². The molecule has 1 nitrogen and oxygen atoms in total. The summed E-state index contributed by atoms with van der Waals surface area (Å²) in [4.78, 5) is 0.860. The molecule has 2 aromatic rings. The molecule has 0 aliphatic heterocycles. The summed E-state index contributed by atoms with van der Waals surface area (Å²) >= 11 is 1.49. The molecule has 0 bridgehead atoms. The highest BCUT2D eigenvalue weighted by Crippen LogP contribution is 2.20. The van der Waals surface area contributed by atoms with Crippen molar-refractivity contribution >= 4 is 11.8 Å². The van der Waals surface area contributed by atoms with Gasteiger partial charge in [0.25, 0.3) is 0 Å². The van der Waals surface area contributed by atoms with E-state index in [4.69, 9.17) is 0 Å². The van der Waals surface area contributed by atoms with Crippen LogP contribution >= 0.6 is 11.8 Å². The Kier molecular flexibility index (Phi) is 5.43. The van der Waals surface area contributed by atoms with E-state index >= 15 is 0 Å². The highest BCUT2D eigenvalue weighted by atomic mass is 32.2. The minimum absolute atomic E-state index is 0.233. The van der Waals surface area contributed by atoms with Gasteiger partial charge in [0.1, 0.15) is 5.82 Å². The number of halogens is 1. The van der Waals surface area contributed by atoms with E-state index in [1.54, 1.807) is 6.07 Å². The highest BCUT2D eigenvalue weighted by Gasteiger charge is 2.06. The Bertz CT molecular complexity index is 501. The van der Waals surface area contributed by atoms with Crippen molar-refractivity contribution in [3.63, 3.8) is 0 Å². The molecule has 1 N–H and O–H groups in total. The van der Waals surface area contributed by atoms with E-state index in [1.807, 2.05) is 24.3 Å². The number of thioether (sulfide) groups is 1. The van der Waals surface area contributed by atoms with Crippen LogP contribution in [0.4, 0.5) is 4.39 Å². The summed E-state index contributed by atoms with van der Waals surface area (Å²) in [6.45, 7) is 0. The largest absolute Gasteiger partial charge is 0.392 e. The van der Waals surface area contributed by atoms with Crippen LogP contribution in [0.3, 0.4) is 0 Å². The molecule has 3 heteroatoms. The number of aryl methyl sites for hydroxylation is 1. The Hall–Kier alpha value is -1.32. The first-order chi connectivity index (χ1) is 9.24. The fourth-order valence-electron chi connectivity index (χ4n) is 1.81. The van der Waals surface area contributed by atoms with E-state index in [1.165, 1.54) is 29.5 Å². The molecular weight excluding hydrogens is 259 g/mol. The Balaban J connectivity index is 1.74. The molecule has 2 rings (SSSR count). The third-order valence-corrected chi connectivity index (χ3v) is 3.99. The normalized spacial score (nSPS) is 12.3. The highest BCUT2D eigenvalue weighted by molar-refractivity contribution is 7.99. The fourth-order valence-corrected chi connectivity index (χ4v) is 2.73. The smallest absolute Gasteiger partial charge is 0.124 e. The fraction of sp³-hybridized carbons (Fsp3) is 0.250. The molecule has 0 spiro atoms. The van der Waals surface area contributed by atoms with Gasteiger partial charge in [0.05, 0.1) is 6.10 Å². The van der Waals surface area contributed by atoms with Crippen LogP contribution in [-0.2, 0) is 6.42 Å². The van der Waals surface area contributed by atoms with Crippen molar-refractivity contribution in [1.82, 2.24) is 0 Å². The van der Waals surface area contributed by atoms with Crippen molar-refractivity contribution in [1.29, 1.82) is 0 Å². The van der Waals surface area contributed by atoms with Crippen molar-refractivity contribution in [2.45, 2.75) is 23.8 Å². The van der Waals surface area contributed by atoms with Gasteiger partial charge in [-0.25, -0.2) is 4.39 Å². The molecule has 0 fully saturated rings. The standard InChI is InChI=1S/C16H17FOS/c17-14-7-4-8-16(11-14)19-12-15(18)10-9-13-5-2-1-3-6-13/h1-8,11,15,18H,9-10,12H2. The zero-order chi connectivity index (χ0) is 13.5. The van der Waals surface area contributed by atoms with Gasteiger partial charge >= 0.3 is 0 Å². The molecule has 2 aromatic carbocycles. The maximum Gasteiger partial charge on any atom is 0.124 e. The summed E-state index contributed by atoms with van der Waals surface area (Å²) in [6, 6.07) is 16.6. The molecule has 0 amide bonds. The molecular formula is C16H17FOS. The van der Waals surface area contributed by atoms with E-state index in [-0.39, 0.29) is 11.9 Å². The predicted molar refractivity (Wildman–Crippen MR) is 77.9 cm³/mol. The minimum atomic E-state index is -0.367. The van der Waals surface area contributed by atoms with Crippen molar-refractivity contribution in [3.8, 4) is 0 Å². The van der Waals surface area contributed by atoms with Gasteiger partial charge in [-0.3, -0.25) is 0 Å². The van der Waals surface area contributed by atoms with Gasteiger partial charge in [-0.2, -0.15) is 0 Å². The zero-order valence-corrected chi connectivity index (χ0v) is 11.4. The molecule has 0 heterocycles. The SMILES string of the molecule is OC(CCc1ccccc1)CSc1cccc(F)c1. The predicted octanol–water partition coefficient (Wildman–Crippen LogP) is 3.91. The lowest BCUT2D eigenvalue weighted by atomic mass is 10.1. The Morgan fingerprint density at radius 1 is 1.05 bits per heavy atom. The van der Waals surface area contributed by atoms with Crippen molar-refractivity contribution in [3.05, 3.63) is 66.0 Å². The average Bonchev–Trinajstić information content (AvgIpc) is 2.44. The number of hydrogen-bond donors (Lipinski definition) is 1. The Morgan fingerprint density at radius 2 is 1.84 bits per heavy atom. The average molecular weight is 276 g/mol. The van der Waals surface area contributed by atoms with Crippen LogP contribution in [0.2, 0.25) is 0 Å². The third kappa shape index (κ3) is 5.05. The van der Waals surface area contributed by atoms with Crippen LogP contribution in [0.25, 0.3) is 0 Å². The molecule has 0 saturated heterocycles. The molecule has 100 valence electrons. The molecule has 0 aliphatic carbocycles. The van der Waals surface area contributed by atoms with Crippen LogP contribution in [0.15, 0.2) is 59.5 Å². The maximum atomic E-state index is 13.0. The van der Waals surface area contributed by atoms with Gasteiger partial charge < -0.3 is 5.11 Å². The Labute approximate surface area is 117 Å². The quantitative estimate of drug-likeness (QED) is 0.807. The van der Waals surface area contributed by atoms with Crippen LogP contribution in [-0.4, -0.2) is 17.0 Å². The van der Waals surface area contributed by atoms with Gasteiger partial charge in [-0.1, -0.05) is 36.4 Å². The second kappa shape index (κ2) is 7.31. The molecule has 0 aliphatic rings. The van der Waals surface area contributed by atoms with Crippen LogP contribution in [0, 0.1) is 5.82 Å². The molecule has 0 aromatic heterocycles. The molecule has 19 heavy (non-hydrogen) atoms. The lowest BCUT2D eigenvalue weighted by Crippen LogP contribution is -2.11. The van der Waals surface area contributed by atoms with Gasteiger partial charge in [0.15, 0.2) is 0 Å². The zero-order valence-electron chi connectivity index (χ0n) is 10.6. The van der Waals surface area contributed by atoms with Gasteiger partial charge in [-0.05, 0) is 36.6 Å².